The summed E-state index contributed by atoms with van der Waals surface area (Å²) >= 11 is 0. The summed E-state index contributed by atoms with van der Waals surface area (Å²) in [5, 5.41) is 0. The summed E-state index contributed by atoms with van der Waals surface area (Å²) in [6.45, 7) is 3.55. The number of amides is 1. The van der Waals surface area contributed by atoms with Crippen molar-refractivity contribution in [3.8, 4) is 0 Å². The van der Waals surface area contributed by atoms with Gasteiger partial charge in [-0.1, -0.05) is 0 Å². The molecule has 0 aromatic rings. The Bertz CT molecular complexity index is 327. The molecule has 0 radical (unpaired) electrons. The molecule has 2 aliphatic heterocycles. The Kier molecular flexibility index (Phi) is 4.29. The molecule has 20 heavy (non-hydrogen) atoms. The van der Waals surface area contributed by atoms with Crippen LogP contribution in [0.25, 0.3) is 0 Å². The van der Waals surface area contributed by atoms with Gasteiger partial charge in [0.25, 0.3) is 0 Å². The van der Waals surface area contributed by atoms with E-state index in [0.29, 0.717) is 19.6 Å². The number of nitrogens with zero attached hydrogens (tertiary/aromatic N) is 1. The summed E-state index contributed by atoms with van der Waals surface area (Å²) in [6, 6.07) is 0. The van der Waals surface area contributed by atoms with Crippen molar-refractivity contribution in [3.63, 3.8) is 0 Å². The number of carbonyl (C=O) groups is 1. The first-order valence-corrected chi connectivity index (χ1v) is 7.96. The molecule has 1 aliphatic carbocycles. The van der Waals surface area contributed by atoms with Crippen molar-refractivity contribution < 1.29 is 14.3 Å². The van der Waals surface area contributed by atoms with E-state index >= 15 is 0 Å². The van der Waals surface area contributed by atoms with Gasteiger partial charge < -0.3 is 20.1 Å². The highest BCUT2D eigenvalue weighted by molar-refractivity contribution is 5.85. The van der Waals surface area contributed by atoms with Crippen LogP contribution >= 0.6 is 0 Å². The summed E-state index contributed by atoms with van der Waals surface area (Å²) in [6.07, 6.45) is 6.62. The van der Waals surface area contributed by atoms with Crippen LogP contribution in [0.5, 0.6) is 0 Å². The molecule has 2 unspecified atom stereocenters. The smallest absolute Gasteiger partial charge is 0.230 e. The molecular formula is C15H26N2O3. The molecule has 2 saturated heterocycles. The topological polar surface area (TPSA) is 64.8 Å². The lowest BCUT2D eigenvalue weighted by Gasteiger charge is -2.30. The lowest BCUT2D eigenvalue weighted by molar-refractivity contribution is -0.140. The SMILES string of the molecule is NCC1(C(=O)N(CC2CCCO2)CC2CCCO2)CC1. The van der Waals surface area contributed by atoms with E-state index < -0.39 is 0 Å². The van der Waals surface area contributed by atoms with Crippen LogP contribution in [0, 0.1) is 5.41 Å². The van der Waals surface area contributed by atoms with Crippen LogP contribution in [-0.2, 0) is 14.3 Å². The molecule has 0 spiro atoms. The van der Waals surface area contributed by atoms with E-state index in [2.05, 4.69) is 0 Å². The molecule has 114 valence electrons. The molecule has 3 fully saturated rings. The molecule has 5 heteroatoms. The molecule has 5 nitrogen and oxygen atoms in total. The van der Waals surface area contributed by atoms with Gasteiger partial charge in [-0.2, -0.15) is 0 Å². The Morgan fingerprint density at radius 2 is 1.65 bits per heavy atom. The van der Waals surface area contributed by atoms with E-state index in [1.165, 1.54) is 0 Å². The zero-order chi connectivity index (χ0) is 14.0. The zero-order valence-corrected chi connectivity index (χ0v) is 12.2. The molecule has 0 bridgehead atoms. The molecule has 3 rings (SSSR count). The van der Waals surface area contributed by atoms with E-state index in [-0.39, 0.29) is 23.5 Å². The first-order chi connectivity index (χ1) is 9.73. The van der Waals surface area contributed by atoms with E-state index in [1.807, 2.05) is 4.90 Å². The summed E-state index contributed by atoms with van der Waals surface area (Å²) in [4.78, 5) is 14.7. The standard InChI is InChI=1S/C15H26N2O3/c16-11-15(5-6-15)14(18)17(9-12-3-1-7-19-12)10-13-4-2-8-20-13/h12-13H,1-11,16H2. The van der Waals surface area contributed by atoms with Crippen LogP contribution in [0.1, 0.15) is 38.5 Å². The average Bonchev–Trinajstić information content (AvgIpc) is 2.87. The minimum atomic E-state index is -0.267. The third-order valence-electron chi connectivity index (χ3n) is 4.88. The van der Waals surface area contributed by atoms with Gasteiger partial charge in [-0.3, -0.25) is 4.79 Å². The summed E-state index contributed by atoms with van der Waals surface area (Å²) < 4.78 is 11.4. The number of hydrogen-bond acceptors (Lipinski definition) is 4. The molecule has 2 atom stereocenters. The molecule has 2 heterocycles. The maximum atomic E-state index is 12.8. The van der Waals surface area contributed by atoms with Crippen molar-refractivity contribution in [1.82, 2.24) is 4.90 Å². The van der Waals surface area contributed by atoms with E-state index in [4.69, 9.17) is 15.2 Å². The van der Waals surface area contributed by atoms with Gasteiger partial charge in [0.15, 0.2) is 0 Å². The van der Waals surface area contributed by atoms with Gasteiger partial charge in [-0.05, 0) is 38.5 Å². The maximum absolute atomic E-state index is 12.8. The third kappa shape index (κ3) is 3.00. The Balaban J connectivity index is 1.63. The van der Waals surface area contributed by atoms with Crippen molar-refractivity contribution in [1.29, 1.82) is 0 Å². The minimum absolute atomic E-state index is 0.203. The van der Waals surface area contributed by atoms with Gasteiger partial charge in [-0.15, -0.1) is 0 Å². The number of carbonyl (C=O) groups excluding carboxylic acids is 1. The Morgan fingerprint density at radius 1 is 1.10 bits per heavy atom. The number of hydrogen-bond donors (Lipinski definition) is 1. The number of ether oxygens (including phenoxy) is 2. The maximum Gasteiger partial charge on any atom is 0.230 e. The molecular weight excluding hydrogens is 256 g/mol. The Morgan fingerprint density at radius 3 is 2.00 bits per heavy atom. The normalized spacial score (nSPS) is 31.4. The van der Waals surface area contributed by atoms with Gasteiger partial charge in [0.1, 0.15) is 0 Å². The molecule has 1 saturated carbocycles. The van der Waals surface area contributed by atoms with Gasteiger partial charge in [-0.25, -0.2) is 0 Å². The molecule has 2 N–H and O–H groups in total. The highest BCUT2D eigenvalue weighted by Gasteiger charge is 2.51. The molecule has 0 aromatic carbocycles. The summed E-state index contributed by atoms with van der Waals surface area (Å²) in [7, 11) is 0. The second-order valence-corrected chi connectivity index (χ2v) is 6.46. The fourth-order valence-electron chi connectivity index (χ4n) is 3.30. The van der Waals surface area contributed by atoms with Crippen LogP contribution < -0.4 is 5.73 Å². The molecule has 0 aromatic heterocycles. The van der Waals surface area contributed by atoms with Crippen molar-refractivity contribution in [3.05, 3.63) is 0 Å². The quantitative estimate of drug-likeness (QED) is 0.786. The highest BCUT2D eigenvalue weighted by atomic mass is 16.5. The minimum Gasteiger partial charge on any atom is -0.376 e. The lowest BCUT2D eigenvalue weighted by atomic mass is 10.0. The predicted molar refractivity (Wildman–Crippen MR) is 75.2 cm³/mol. The Labute approximate surface area is 120 Å². The number of rotatable bonds is 6. The summed E-state index contributed by atoms with van der Waals surface area (Å²) in [5.41, 5.74) is 5.55. The van der Waals surface area contributed by atoms with Crippen molar-refractivity contribution >= 4 is 5.91 Å². The first kappa shape index (κ1) is 14.3. The molecule has 3 aliphatic rings. The Hall–Kier alpha value is -0.650. The van der Waals surface area contributed by atoms with E-state index in [1.54, 1.807) is 0 Å². The molecule has 1 amide bonds. The van der Waals surface area contributed by atoms with Crippen LogP contribution in [0.4, 0.5) is 0 Å². The predicted octanol–water partition coefficient (Wildman–Crippen LogP) is 0.912. The van der Waals surface area contributed by atoms with Crippen molar-refractivity contribution in [2.24, 2.45) is 11.1 Å². The van der Waals surface area contributed by atoms with E-state index in [0.717, 1.165) is 51.7 Å². The fourth-order valence-corrected chi connectivity index (χ4v) is 3.30. The van der Waals surface area contributed by atoms with Crippen LogP contribution in [0.3, 0.4) is 0 Å². The van der Waals surface area contributed by atoms with Gasteiger partial charge >= 0.3 is 0 Å². The van der Waals surface area contributed by atoms with Gasteiger partial charge in [0.05, 0.1) is 17.6 Å². The second-order valence-electron chi connectivity index (χ2n) is 6.46. The highest BCUT2D eigenvalue weighted by Crippen LogP contribution is 2.46. The zero-order valence-electron chi connectivity index (χ0n) is 12.2. The van der Waals surface area contributed by atoms with Crippen LogP contribution in [0.2, 0.25) is 0 Å². The second kappa shape index (κ2) is 6.00. The van der Waals surface area contributed by atoms with Crippen molar-refractivity contribution in [2.75, 3.05) is 32.8 Å². The van der Waals surface area contributed by atoms with Crippen LogP contribution in [-0.4, -0.2) is 55.9 Å². The van der Waals surface area contributed by atoms with E-state index in [9.17, 15) is 4.79 Å². The fraction of sp³-hybridized carbons (Fsp3) is 0.933. The lowest BCUT2D eigenvalue weighted by Crippen LogP contribution is -2.47. The summed E-state index contributed by atoms with van der Waals surface area (Å²) in [5.74, 6) is 0.228. The largest absolute Gasteiger partial charge is 0.376 e. The number of nitrogens with two attached hydrogens (primary N) is 1. The van der Waals surface area contributed by atoms with Crippen molar-refractivity contribution in [2.45, 2.75) is 50.7 Å². The third-order valence-corrected chi connectivity index (χ3v) is 4.88. The monoisotopic (exact) mass is 282 g/mol. The average molecular weight is 282 g/mol. The van der Waals surface area contributed by atoms with Gasteiger partial charge in [0.2, 0.25) is 5.91 Å². The van der Waals surface area contributed by atoms with Crippen LogP contribution in [0.15, 0.2) is 0 Å². The first-order valence-electron chi connectivity index (χ1n) is 7.96. The van der Waals surface area contributed by atoms with Gasteiger partial charge in [0, 0.05) is 32.8 Å².